The first-order chi connectivity index (χ1) is 11.6. The number of hydrogen-bond donors (Lipinski definition) is 3. The highest BCUT2D eigenvalue weighted by molar-refractivity contribution is 5.98. The molecule has 2 aromatic heterocycles. The Bertz CT molecular complexity index is 910. The maximum atomic E-state index is 12.2. The summed E-state index contributed by atoms with van der Waals surface area (Å²) in [4.78, 5) is 41.5. The van der Waals surface area contributed by atoms with E-state index in [0.717, 1.165) is 5.69 Å². The van der Waals surface area contributed by atoms with E-state index in [1.54, 1.807) is 4.57 Å². The van der Waals surface area contributed by atoms with Crippen molar-refractivity contribution < 1.29 is 9.59 Å². The number of aromatic amines is 1. The average molecular weight is 323 g/mol. The largest absolute Gasteiger partial charge is 0.328 e. The Morgan fingerprint density at radius 3 is 2.46 bits per heavy atom. The molecule has 3 N–H and O–H groups in total. The molecule has 0 aliphatic heterocycles. The Morgan fingerprint density at radius 1 is 1.00 bits per heavy atom. The number of para-hydroxylation sites is 1. The van der Waals surface area contributed by atoms with E-state index in [1.165, 1.54) is 30.9 Å². The lowest BCUT2D eigenvalue weighted by molar-refractivity contribution is 0.0842. The Morgan fingerprint density at radius 2 is 1.75 bits per heavy atom. The van der Waals surface area contributed by atoms with Gasteiger partial charge in [-0.3, -0.25) is 29.8 Å². The monoisotopic (exact) mass is 323 g/mol. The molecule has 0 saturated carbocycles. The number of carbonyl (C=O) groups excluding carboxylic acids is 2. The van der Waals surface area contributed by atoms with E-state index in [-0.39, 0.29) is 16.8 Å². The molecule has 8 heteroatoms. The topological polar surface area (TPSA) is 109 Å². The van der Waals surface area contributed by atoms with Gasteiger partial charge in [-0.15, -0.1) is 0 Å². The number of imidazole rings is 1. The summed E-state index contributed by atoms with van der Waals surface area (Å²) in [7, 11) is 0. The zero-order valence-corrected chi connectivity index (χ0v) is 12.4. The van der Waals surface area contributed by atoms with Crippen LogP contribution >= 0.6 is 0 Å². The third-order valence-electron chi connectivity index (χ3n) is 3.24. The second-order valence-electron chi connectivity index (χ2n) is 4.83. The summed E-state index contributed by atoms with van der Waals surface area (Å²) in [5.41, 5.74) is 5.53. The molecule has 3 rings (SSSR count). The number of amides is 2. The molecule has 1 aromatic carbocycles. The van der Waals surface area contributed by atoms with Gasteiger partial charge in [-0.05, 0) is 18.2 Å². The minimum absolute atomic E-state index is 0.214. The second-order valence-corrected chi connectivity index (χ2v) is 4.83. The van der Waals surface area contributed by atoms with Gasteiger partial charge in [0.1, 0.15) is 5.69 Å². The van der Waals surface area contributed by atoms with Crippen LogP contribution in [-0.2, 0) is 0 Å². The van der Waals surface area contributed by atoms with Gasteiger partial charge in [0.25, 0.3) is 11.8 Å². The molecule has 0 spiro atoms. The SMILES string of the molecule is O=C(NNC(=O)c1cncn1-c1ccccc1)c1ccc(=O)[nH]c1. The summed E-state index contributed by atoms with van der Waals surface area (Å²) in [5, 5.41) is 0. The Hall–Kier alpha value is -3.68. The fourth-order valence-electron chi connectivity index (χ4n) is 2.06. The van der Waals surface area contributed by atoms with Crippen molar-refractivity contribution in [3.8, 4) is 5.69 Å². The second kappa shape index (κ2) is 6.61. The van der Waals surface area contributed by atoms with Gasteiger partial charge < -0.3 is 4.98 Å². The maximum absolute atomic E-state index is 12.2. The van der Waals surface area contributed by atoms with Crippen LogP contribution in [0.2, 0.25) is 0 Å². The van der Waals surface area contributed by atoms with E-state index in [1.807, 2.05) is 30.3 Å². The van der Waals surface area contributed by atoms with Crippen molar-refractivity contribution >= 4 is 11.8 Å². The van der Waals surface area contributed by atoms with Crippen molar-refractivity contribution in [3.05, 3.63) is 82.8 Å². The highest BCUT2D eigenvalue weighted by Crippen LogP contribution is 2.10. The zero-order valence-electron chi connectivity index (χ0n) is 12.4. The normalized spacial score (nSPS) is 10.2. The molecular weight excluding hydrogens is 310 g/mol. The van der Waals surface area contributed by atoms with Crippen LogP contribution in [0.4, 0.5) is 0 Å². The van der Waals surface area contributed by atoms with Crippen molar-refractivity contribution in [2.75, 3.05) is 0 Å². The van der Waals surface area contributed by atoms with Gasteiger partial charge in [-0.25, -0.2) is 4.98 Å². The lowest BCUT2D eigenvalue weighted by Crippen LogP contribution is -2.42. The van der Waals surface area contributed by atoms with Crippen molar-refractivity contribution in [2.24, 2.45) is 0 Å². The van der Waals surface area contributed by atoms with Gasteiger partial charge in [0, 0.05) is 18.0 Å². The van der Waals surface area contributed by atoms with Crippen LogP contribution in [0.3, 0.4) is 0 Å². The van der Waals surface area contributed by atoms with E-state index < -0.39 is 11.8 Å². The van der Waals surface area contributed by atoms with Gasteiger partial charge in [0.15, 0.2) is 0 Å². The molecule has 0 unspecified atom stereocenters. The minimum Gasteiger partial charge on any atom is -0.328 e. The molecule has 120 valence electrons. The summed E-state index contributed by atoms with van der Waals surface area (Å²) in [6.45, 7) is 0. The predicted octanol–water partition coefficient (Wildman–Crippen LogP) is 0.635. The number of hydrogen-bond acceptors (Lipinski definition) is 4. The molecule has 2 amide bonds. The van der Waals surface area contributed by atoms with Gasteiger partial charge >= 0.3 is 0 Å². The number of carbonyl (C=O) groups is 2. The number of nitrogens with one attached hydrogen (secondary N) is 3. The van der Waals surface area contributed by atoms with Crippen LogP contribution in [0.25, 0.3) is 5.69 Å². The predicted molar refractivity (Wildman–Crippen MR) is 85.6 cm³/mol. The molecule has 0 saturated heterocycles. The third-order valence-corrected chi connectivity index (χ3v) is 3.24. The van der Waals surface area contributed by atoms with Gasteiger partial charge in [-0.1, -0.05) is 18.2 Å². The minimum atomic E-state index is -0.551. The van der Waals surface area contributed by atoms with Gasteiger partial charge in [0.05, 0.1) is 18.1 Å². The highest BCUT2D eigenvalue weighted by Gasteiger charge is 2.14. The van der Waals surface area contributed by atoms with Crippen molar-refractivity contribution in [1.82, 2.24) is 25.4 Å². The molecule has 0 aliphatic rings. The fourth-order valence-corrected chi connectivity index (χ4v) is 2.06. The molecule has 2 heterocycles. The van der Waals surface area contributed by atoms with Crippen LogP contribution in [0.15, 0.2) is 66.0 Å². The first kappa shape index (κ1) is 15.2. The Kier molecular flexibility index (Phi) is 4.19. The number of pyridine rings is 1. The van der Waals surface area contributed by atoms with E-state index in [4.69, 9.17) is 0 Å². The number of hydrazine groups is 1. The summed E-state index contributed by atoms with van der Waals surface area (Å²) in [5.74, 6) is -1.07. The smallest absolute Gasteiger partial charge is 0.288 e. The third kappa shape index (κ3) is 3.22. The van der Waals surface area contributed by atoms with E-state index in [0.29, 0.717) is 0 Å². The number of H-pyrrole nitrogens is 1. The summed E-state index contributed by atoms with van der Waals surface area (Å²) >= 11 is 0. The van der Waals surface area contributed by atoms with Crippen LogP contribution in [0.1, 0.15) is 20.8 Å². The molecule has 0 aliphatic carbocycles. The van der Waals surface area contributed by atoms with Crippen LogP contribution in [-0.4, -0.2) is 26.3 Å². The average Bonchev–Trinajstić information content (AvgIpc) is 3.10. The zero-order chi connectivity index (χ0) is 16.9. The standard InChI is InChI=1S/C16H13N5O3/c22-14-7-6-11(8-18-14)15(23)19-20-16(24)13-9-17-10-21(13)12-4-2-1-3-5-12/h1-10H,(H,18,22)(H,19,23)(H,20,24). The Labute approximate surface area is 136 Å². The fraction of sp³-hybridized carbons (Fsp3) is 0. The molecule has 0 bridgehead atoms. The Balaban J connectivity index is 1.70. The van der Waals surface area contributed by atoms with Gasteiger partial charge in [-0.2, -0.15) is 0 Å². The lowest BCUT2D eigenvalue weighted by atomic mass is 10.3. The maximum Gasteiger partial charge on any atom is 0.288 e. The molecule has 0 radical (unpaired) electrons. The first-order valence-corrected chi connectivity index (χ1v) is 7.02. The number of nitrogens with zero attached hydrogens (tertiary/aromatic N) is 2. The molecule has 24 heavy (non-hydrogen) atoms. The van der Waals surface area contributed by atoms with E-state index >= 15 is 0 Å². The van der Waals surface area contributed by atoms with Crippen molar-refractivity contribution in [1.29, 1.82) is 0 Å². The molecular formula is C16H13N5O3. The van der Waals surface area contributed by atoms with Crippen LogP contribution < -0.4 is 16.4 Å². The van der Waals surface area contributed by atoms with Crippen LogP contribution in [0.5, 0.6) is 0 Å². The molecule has 0 atom stereocenters. The molecule has 0 fully saturated rings. The van der Waals surface area contributed by atoms with Gasteiger partial charge in [0.2, 0.25) is 5.56 Å². The summed E-state index contributed by atoms with van der Waals surface area (Å²) < 4.78 is 1.60. The van der Waals surface area contributed by atoms with Crippen LogP contribution in [0, 0.1) is 0 Å². The number of benzene rings is 1. The van der Waals surface area contributed by atoms with Crippen molar-refractivity contribution in [2.45, 2.75) is 0 Å². The summed E-state index contributed by atoms with van der Waals surface area (Å²) in [6.07, 6.45) is 4.17. The quantitative estimate of drug-likeness (QED) is 0.614. The highest BCUT2D eigenvalue weighted by atomic mass is 16.2. The number of aromatic nitrogens is 3. The first-order valence-electron chi connectivity index (χ1n) is 7.02. The summed E-state index contributed by atoms with van der Waals surface area (Å²) in [6, 6.07) is 11.8. The van der Waals surface area contributed by atoms with E-state index in [9.17, 15) is 14.4 Å². The number of rotatable bonds is 3. The molecule has 3 aromatic rings. The van der Waals surface area contributed by atoms with Crippen molar-refractivity contribution in [3.63, 3.8) is 0 Å². The lowest BCUT2D eigenvalue weighted by Gasteiger charge is -2.09. The van der Waals surface area contributed by atoms with E-state index in [2.05, 4.69) is 20.8 Å². The molecule has 8 nitrogen and oxygen atoms in total.